The quantitative estimate of drug-likeness (QED) is 0.876. The van der Waals surface area contributed by atoms with Gasteiger partial charge < -0.3 is 15.0 Å². The first-order valence-corrected chi connectivity index (χ1v) is 5.27. The lowest BCUT2D eigenvalue weighted by Crippen LogP contribution is -2.36. The van der Waals surface area contributed by atoms with Crippen molar-refractivity contribution in [2.45, 2.75) is 12.5 Å². The van der Waals surface area contributed by atoms with E-state index in [0.29, 0.717) is 5.69 Å². The number of nitrogens with one attached hydrogen (secondary N) is 1. The van der Waals surface area contributed by atoms with Crippen LogP contribution in [0.2, 0.25) is 0 Å². The minimum absolute atomic E-state index is 0.327. The highest BCUT2D eigenvalue weighted by molar-refractivity contribution is 9.10. The van der Waals surface area contributed by atoms with Gasteiger partial charge in [-0.25, -0.2) is 8.78 Å². The van der Waals surface area contributed by atoms with Gasteiger partial charge in [-0.2, -0.15) is 0 Å². The number of amides is 1. The van der Waals surface area contributed by atoms with Crippen LogP contribution in [0, 0.1) is 0 Å². The highest BCUT2D eigenvalue weighted by atomic mass is 79.9. The molecule has 0 saturated heterocycles. The van der Waals surface area contributed by atoms with Gasteiger partial charge in [0.05, 0.1) is 0 Å². The zero-order chi connectivity index (χ0) is 12.3. The first kappa shape index (κ1) is 13.1. The van der Waals surface area contributed by atoms with Crippen molar-refractivity contribution in [1.82, 2.24) is 9.88 Å². The van der Waals surface area contributed by atoms with E-state index in [2.05, 4.69) is 21.2 Å². The predicted molar refractivity (Wildman–Crippen MR) is 57.5 cm³/mol. The van der Waals surface area contributed by atoms with Gasteiger partial charge in [-0.1, -0.05) is 0 Å². The van der Waals surface area contributed by atoms with Gasteiger partial charge in [-0.05, 0) is 22.0 Å². The summed E-state index contributed by atoms with van der Waals surface area (Å²) < 4.78 is 26.2. The Balaban J connectivity index is 2.56. The molecule has 0 bridgehead atoms. The van der Waals surface area contributed by atoms with Crippen molar-refractivity contribution in [3.8, 4) is 0 Å². The lowest BCUT2D eigenvalue weighted by molar-refractivity contribution is -0.00274. The molecule has 90 valence electrons. The van der Waals surface area contributed by atoms with Crippen LogP contribution in [0.5, 0.6) is 0 Å². The zero-order valence-electron chi connectivity index (χ0n) is 8.45. The largest absolute Gasteiger partial charge is 0.385 e. The van der Waals surface area contributed by atoms with E-state index in [9.17, 15) is 13.6 Å². The van der Waals surface area contributed by atoms with Crippen LogP contribution in [-0.4, -0.2) is 34.7 Å². The van der Waals surface area contributed by atoms with Gasteiger partial charge >= 0.3 is 0 Å². The van der Waals surface area contributed by atoms with Crippen LogP contribution in [0.3, 0.4) is 0 Å². The maximum absolute atomic E-state index is 12.0. The Morgan fingerprint density at radius 1 is 1.69 bits per heavy atom. The fourth-order valence-electron chi connectivity index (χ4n) is 1.13. The van der Waals surface area contributed by atoms with E-state index in [0.717, 1.165) is 4.47 Å². The van der Waals surface area contributed by atoms with E-state index in [4.69, 9.17) is 5.11 Å². The molecule has 0 aromatic carbocycles. The number of hydrogen-bond donors (Lipinski definition) is 2. The second kappa shape index (κ2) is 5.40. The molecule has 0 spiro atoms. The number of aliphatic hydroxyl groups excluding tert-OH is 1. The molecular weight excluding hydrogens is 286 g/mol. The summed E-state index contributed by atoms with van der Waals surface area (Å²) in [4.78, 5) is 11.5. The van der Waals surface area contributed by atoms with E-state index in [1.54, 1.807) is 23.9 Å². The summed E-state index contributed by atoms with van der Waals surface area (Å²) in [6, 6.07) is 1.56. The maximum Gasteiger partial charge on any atom is 0.268 e. The summed E-state index contributed by atoms with van der Waals surface area (Å²) in [5, 5.41) is 11.0. The minimum Gasteiger partial charge on any atom is -0.385 e. The lowest BCUT2D eigenvalue weighted by atomic mass is 10.3. The molecule has 0 aliphatic heterocycles. The Morgan fingerprint density at radius 3 is 2.75 bits per heavy atom. The highest BCUT2D eigenvalue weighted by Crippen LogP contribution is 2.13. The standard InChI is InChI=1S/C9H11BrF2N2O2/c1-14-4-5(10)2-6(14)9(16)13-3-7(15)8(11)12/h2,4,7-8,15H,3H2,1H3,(H,13,16). The number of aliphatic hydroxyl groups is 1. The molecule has 0 radical (unpaired) electrons. The summed E-state index contributed by atoms with van der Waals surface area (Å²) in [5.74, 6) is -0.507. The van der Waals surface area contributed by atoms with E-state index in [-0.39, 0.29) is 0 Å². The summed E-state index contributed by atoms with van der Waals surface area (Å²) in [7, 11) is 1.66. The number of carbonyl (C=O) groups is 1. The summed E-state index contributed by atoms with van der Waals surface area (Å²) in [6.45, 7) is -0.473. The number of aryl methyl sites for hydroxylation is 1. The monoisotopic (exact) mass is 296 g/mol. The van der Waals surface area contributed by atoms with Gasteiger partial charge in [-0.15, -0.1) is 0 Å². The fourth-order valence-corrected chi connectivity index (χ4v) is 1.65. The van der Waals surface area contributed by atoms with Crippen molar-refractivity contribution < 1.29 is 18.7 Å². The van der Waals surface area contributed by atoms with Crippen molar-refractivity contribution in [2.75, 3.05) is 6.54 Å². The van der Waals surface area contributed by atoms with Crippen molar-refractivity contribution in [3.05, 3.63) is 22.4 Å². The molecule has 1 unspecified atom stereocenters. The van der Waals surface area contributed by atoms with E-state index in [1.807, 2.05) is 0 Å². The van der Waals surface area contributed by atoms with Gasteiger partial charge in [0.1, 0.15) is 11.8 Å². The smallest absolute Gasteiger partial charge is 0.268 e. The lowest BCUT2D eigenvalue weighted by Gasteiger charge is -2.10. The highest BCUT2D eigenvalue weighted by Gasteiger charge is 2.18. The molecular formula is C9H11BrF2N2O2. The number of nitrogens with zero attached hydrogens (tertiary/aromatic N) is 1. The number of alkyl halides is 2. The third-order valence-corrected chi connectivity index (χ3v) is 2.40. The van der Waals surface area contributed by atoms with Crippen molar-refractivity contribution >= 4 is 21.8 Å². The molecule has 1 aromatic heterocycles. The van der Waals surface area contributed by atoms with E-state index in [1.165, 1.54) is 0 Å². The molecule has 0 aliphatic carbocycles. The molecule has 7 heteroatoms. The Morgan fingerprint density at radius 2 is 2.31 bits per heavy atom. The molecule has 2 N–H and O–H groups in total. The Labute approximate surface area is 99.4 Å². The van der Waals surface area contributed by atoms with Crippen LogP contribution in [0.25, 0.3) is 0 Å². The number of carbonyl (C=O) groups excluding carboxylic acids is 1. The van der Waals surface area contributed by atoms with E-state index < -0.39 is 25.0 Å². The average Bonchev–Trinajstić information content (AvgIpc) is 2.53. The van der Waals surface area contributed by atoms with Crippen LogP contribution in [0.4, 0.5) is 8.78 Å². The molecule has 1 amide bonds. The molecule has 0 fully saturated rings. The van der Waals surface area contributed by atoms with Crippen molar-refractivity contribution in [1.29, 1.82) is 0 Å². The molecule has 1 atom stereocenters. The van der Waals surface area contributed by atoms with Gasteiger partial charge in [0.2, 0.25) is 0 Å². The Hall–Kier alpha value is -0.950. The summed E-state index contributed by atoms with van der Waals surface area (Å²) >= 11 is 3.18. The van der Waals surface area contributed by atoms with Crippen molar-refractivity contribution in [3.63, 3.8) is 0 Å². The van der Waals surface area contributed by atoms with Crippen LogP contribution in [0.15, 0.2) is 16.7 Å². The second-order valence-electron chi connectivity index (χ2n) is 3.27. The third-order valence-electron chi connectivity index (χ3n) is 1.97. The molecule has 1 heterocycles. The first-order chi connectivity index (χ1) is 7.41. The van der Waals surface area contributed by atoms with Crippen LogP contribution in [-0.2, 0) is 7.05 Å². The minimum atomic E-state index is -2.86. The number of rotatable bonds is 4. The predicted octanol–water partition coefficient (Wildman–Crippen LogP) is 1.14. The zero-order valence-corrected chi connectivity index (χ0v) is 10.0. The molecule has 0 aliphatic rings. The molecule has 0 saturated carbocycles. The molecule has 4 nitrogen and oxygen atoms in total. The van der Waals surface area contributed by atoms with Crippen LogP contribution in [0.1, 0.15) is 10.5 Å². The van der Waals surface area contributed by atoms with Crippen molar-refractivity contribution in [2.24, 2.45) is 7.05 Å². The third kappa shape index (κ3) is 3.28. The number of halogens is 3. The van der Waals surface area contributed by atoms with E-state index >= 15 is 0 Å². The first-order valence-electron chi connectivity index (χ1n) is 4.48. The fraction of sp³-hybridized carbons (Fsp3) is 0.444. The topological polar surface area (TPSA) is 54.3 Å². The van der Waals surface area contributed by atoms with Crippen LogP contribution < -0.4 is 5.32 Å². The van der Waals surface area contributed by atoms with Gasteiger partial charge in [0.15, 0.2) is 0 Å². The summed E-state index contributed by atoms with van der Waals surface area (Å²) in [5.41, 5.74) is 0.327. The molecule has 1 aromatic rings. The normalized spacial score (nSPS) is 12.9. The van der Waals surface area contributed by atoms with Gasteiger partial charge in [0, 0.05) is 24.3 Å². The molecule has 16 heavy (non-hydrogen) atoms. The Kier molecular flexibility index (Phi) is 4.43. The number of aromatic nitrogens is 1. The van der Waals surface area contributed by atoms with Crippen LogP contribution >= 0.6 is 15.9 Å². The van der Waals surface area contributed by atoms with Gasteiger partial charge in [-0.3, -0.25) is 4.79 Å². The summed E-state index contributed by atoms with van der Waals surface area (Å²) in [6.07, 6.45) is -3.04. The Bertz CT molecular complexity index is 382. The number of hydrogen-bond acceptors (Lipinski definition) is 2. The average molecular weight is 297 g/mol. The molecule has 1 rings (SSSR count). The van der Waals surface area contributed by atoms with Gasteiger partial charge in [0.25, 0.3) is 12.3 Å². The second-order valence-corrected chi connectivity index (χ2v) is 4.18. The maximum atomic E-state index is 12.0. The SMILES string of the molecule is Cn1cc(Br)cc1C(=O)NCC(O)C(F)F.